The van der Waals surface area contributed by atoms with Gasteiger partial charge in [-0.2, -0.15) is 0 Å². The van der Waals surface area contributed by atoms with Crippen molar-refractivity contribution in [3.8, 4) is 0 Å². The van der Waals surface area contributed by atoms with Crippen LogP contribution in [-0.2, 0) is 14.3 Å². The summed E-state index contributed by atoms with van der Waals surface area (Å²) >= 11 is 6.07. The van der Waals surface area contributed by atoms with Crippen molar-refractivity contribution >= 4 is 35.2 Å². The van der Waals surface area contributed by atoms with Gasteiger partial charge < -0.3 is 25.0 Å². The number of hydrogen-bond donors (Lipinski definition) is 2. The number of nitrogens with one attached hydrogen (secondary N) is 1. The van der Waals surface area contributed by atoms with Crippen LogP contribution >= 0.6 is 11.6 Å². The highest BCUT2D eigenvalue weighted by Gasteiger charge is 2.37. The summed E-state index contributed by atoms with van der Waals surface area (Å²) in [7, 11) is 0. The predicted octanol–water partition coefficient (Wildman–Crippen LogP) is 1.96. The molecule has 146 valence electrons. The first-order valence-corrected chi connectivity index (χ1v) is 9.22. The molecule has 2 fully saturated rings. The number of anilines is 1. The van der Waals surface area contributed by atoms with Gasteiger partial charge in [0.2, 0.25) is 0 Å². The third kappa shape index (κ3) is 4.51. The molecule has 2 saturated heterocycles. The standard InChI is InChI=1S/C18H22ClN3O5/c1-11-2-3-12(10-13(11)19)20-18(26)22-8-6-21(7-9-22)16(23)14-4-5-15(27-14)17(24)25/h2-3,10,14-15H,4-9H2,1H3,(H,20,26)(H,24,25)/t14-,15+/m0/s1. The van der Waals surface area contributed by atoms with Crippen molar-refractivity contribution in [2.45, 2.75) is 32.0 Å². The molecule has 2 aliphatic heterocycles. The highest BCUT2D eigenvalue weighted by molar-refractivity contribution is 6.31. The van der Waals surface area contributed by atoms with Gasteiger partial charge in [0.25, 0.3) is 5.91 Å². The lowest BCUT2D eigenvalue weighted by Crippen LogP contribution is -2.53. The summed E-state index contributed by atoms with van der Waals surface area (Å²) in [5.41, 5.74) is 1.55. The normalized spacial score (nSPS) is 22.6. The summed E-state index contributed by atoms with van der Waals surface area (Å²) in [6.07, 6.45) is -0.869. The third-order valence-corrected chi connectivity index (χ3v) is 5.28. The summed E-state index contributed by atoms with van der Waals surface area (Å²) in [6, 6.07) is 5.07. The molecule has 1 aromatic carbocycles. The summed E-state index contributed by atoms with van der Waals surface area (Å²) < 4.78 is 5.32. The van der Waals surface area contributed by atoms with Crippen LogP contribution in [0.2, 0.25) is 5.02 Å². The Morgan fingerprint density at radius 2 is 1.74 bits per heavy atom. The van der Waals surface area contributed by atoms with Gasteiger partial charge in [-0.15, -0.1) is 0 Å². The number of carbonyl (C=O) groups excluding carboxylic acids is 2. The molecule has 2 heterocycles. The minimum absolute atomic E-state index is 0.205. The Labute approximate surface area is 162 Å². The molecule has 3 rings (SSSR count). The number of carboxylic acid groups (broad SMARTS) is 1. The highest BCUT2D eigenvalue weighted by atomic mass is 35.5. The fourth-order valence-corrected chi connectivity index (χ4v) is 3.39. The van der Waals surface area contributed by atoms with Crippen LogP contribution < -0.4 is 5.32 Å². The molecule has 3 amide bonds. The molecule has 0 saturated carbocycles. The molecule has 0 bridgehead atoms. The van der Waals surface area contributed by atoms with Gasteiger partial charge in [0.15, 0.2) is 6.10 Å². The summed E-state index contributed by atoms with van der Waals surface area (Å²) in [5, 5.41) is 12.4. The van der Waals surface area contributed by atoms with Crippen molar-refractivity contribution in [1.82, 2.24) is 9.80 Å². The molecule has 9 heteroatoms. The first-order chi connectivity index (χ1) is 12.8. The van der Waals surface area contributed by atoms with Crippen LogP contribution in [0.1, 0.15) is 18.4 Å². The second kappa shape index (κ2) is 8.14. The van der Waals surface area contributed by atoms with E-state index in [0.29, 0.717) is 49.7 Å². The van der Waals surface area contributed by atoms with Gasteiger partial charge >= 0.3 is 12.0 Å². The lowest BCUT2D eigenvalue weighted by molar-refractivity contribution is -0.155. The van der Waals surface area contributed by atoms with Gasteiger partial charge in [0, 0.05) is 36.9 Å². The van der Waals surface area contributed by atoms with Gasteiger partial charge in [-0.3, -0.25) is 4.79 Å². The number of ether oxygens (including phenoxy) is 1. The van der Waals surface area contributed by atoms with Gasteiger partial charge in [-0.1, -0.05) is 17.7 Å². The SMILES string of the molecule is Cc1ccc(NC(=O)N2CCN(C(=O)[C@@H]3CC[C@H](C(=O)O)O3)CC2)cc1Cl. The van der Waals surface area contributed by atoms with Crippen LogP contribution in [0.15, 0.2) is 18.2 Å². The van der Waals surface area contributed by atoms with Crippen molar-refractivity contribution in [3.63, 3.8) is 0 Å². The van der Waals surface area contributed by atoms with E-state index in [-0.39, 0.29) is 11.9 Å². The largest absolute Gasteiger partial charge is 0.479 e. The van der Waals surface area contributed by atoms with Crippen molar-refractivity contribution < 1.29 is 24.2 Å². The van der Waals surface area contributed by atoms with E-state index >= 15 is 0 Å². The first kappa shape index (κ1) is 19.4. The molecule has 2 N–H and O–H groups in total. The number of benzene rings is 1. The van der Waals surface area contributed by atoms with Gasteiger partial charge in [-0.05, 0) is 37.5 Å². The van der Waals surface area contributed by atoms with E-state index in [2.05, 4.69) is 5.32 Å². The van der Waals surface area contributed by atoms with Crippen molar-refractivity contribution in [2.75, 3.05) is 31.5 Å². The van der Waals surface area contributed by atoms with E-state index in [1.54, 1.807) is 21.9 Å². The zero-order valence-electron chi connectivity index (χ0n) is 15.0. The number of aryl methyl sites for hydroxylation is 1. The van der Waals surface area contributed by atoms with E-state index in [0.717, 1.165) is 5.56 Å². The number of rotatable bonds is 3. The predicted molar refractivity (Wildman–Crippen MR) is 98.9 cm³/mol. The van der Waals surface area contributed by atoms with Crippen LogP contribution in [-0.4, -0.2) is 71.2 Å². The Balaban J connectivity index is 1.49. The highest BCUT2D eigenvalue weighted by Crippen LogP contribution is 2.23. The van der Waals surface area contributed by atoms with Gasteiger partial charge in [0.1, 0.15) is 6.10 Å². The second-order valence-electron chi connectivity index (χ2n) is 6.74. The smallest absolute Gasteiger partial charge is 0.332 e. The number of hydrogen-bond acceptors (Lipinski definition) is 4. The second-order valence-corrected chi connectivity index (χ2v) is 7.14. The topological polar surface area (TPSA) is 99.2 Å². The molecular formula is C18H22ClN3O5. The molecule has 0 unspecified atom stereocenters. The fraction of sp³-hybridized carbons (Fsp3) is 0.500. The number of carbonyl (C=O) groups is 3. The monoisotopic (exact) mass is 395 g/mol. The quantitative estimate of drug-likeness (QED) is 0.815. The summed E-state index contributed by atoms with van der Waals surface area (Å²) in [4.78, 5) is 39.1. The van der Waals surface area contributed by atoms with E-state index in [1.807, 2.05) is 13.0 Å². The van der Waals surface area contributed by atoms with Crippen LogP contribution in [0.25, 0.3) is 0 Å². The van der Waals surface area contributed by atoms with Crippen LogP contribution in [0.4, 0.5) is 10.5 Å². The molecule has 0 aliphatic carbocycles. The molecule has 2 atom stereocenters. The minimum Gasteiger partial charge on any atom is -0.479 e. The van der Waals surface area contributed by atoms with Crippen LogP contribution in [0, 0.1) is 6.92 Å². The molecule has 0 radical (unpaired) electrons. The molecule has 1 aromatic rings. The van der Waals surface area contributed by atoms with Crippen LogP contribution in [0.3, 0.4) is 0 Å². The average Bonchev–Trinajstić information content (AvgIpc) is 3.15. The lowest BCUT2D eigenvalue weighted by Gasteiger charge is -2.35. The zero-order chi connectivity index (χ0) is 19.6. The third-order valence-electron chi connectivity index (χ3n) is 4.87. The average molecular weight is 396 g/mol. The van der Waals surface area contributed by atoms with E-state index in [1.165, 1.54) is 0 Å². The number of amides is 3. The van der Waals surface area contributed by atoms with Crippen molar-refractivity contribution in [2.24, 2.45) is 0 Å². The Hall–Kier alpha value is -2.32. The Bertz CT molecular complexity index is 749. The Morgan fingerprint density at radius 3 is 2.33 bits per heavy atom. The molecule has 27 heavy (non-hydrogen) atoms. The number of halogens is 1. The Morgan fingerprint density at radius 1 is 1.11 bits per heavy atom. The number of carboxylic acids is 1. The van der Waals surface area contributed by atoms with E-state index < -0.39 is 18.2 Å². The zero-order valence-corrected chi connectivity index (χ0v) is 15.7. The number of piperazine rings is 1. The maximum absolute atomic E-state index is 12.5. The number of aliphatic carboxylic acids is 1. The first-order valence-electron chi connectivity index (χ1n) is 8.84. The Kier molecular flexibility index (Phi) is 5.86. The molecular weight excluding hydrogens is 374 g/mol. The molecule has 2 aliphatic rings. The van der Waals surface area contributed by atoms with Crippen molar-refractivity contribution in [1.29, 1.82) is 0 Å². The maximum Gasteiger partial charge on any atom is 0.332 e. The van der Waals surface area contributed by atoms with Crippen molar-refractivity contribution in [3.05, 3.63) is 28.8 Å². The molecule has 8 nitrogen and oxygen atoms in total. The summed E-state index contributed by atoms with van der Waals surface area (Å²) in [6.45, 7) is 3.45. The fourth-order valence-electron chi connectivity index (χ4n) is 3.21. The van der Waals surface area contributed by atoms with Crippen LogP contribution in [0.5, 0.6) is 0 Å². The lowest BCUT2D eigenvalue weighted by atomic mass is 10.1. The number of nitrogens with zero attached hydrogens (tertiary/aromatic N) is 2. The molecule has 0 aromatic heterocycles. The molecule has 0 spiro atoms. The maximum atomic E-state index is 12.5. The van der Waals surface area contributed by atoms with Gasteiger partial charge in [0.05, 0.1) is 0 Å². The van der Waals surface area contributed by atoms with Gasteiger partial charge in [-0.25, -0.2) is 9.59 Å². The van der Waals surface area contributed by atoms with E-state index in [4.69, 9.17) is 21.4 Å². The number of urea groups is 1. The van der Waals surface area contributed by atoms with E-state index in [9.17, 15) is 14.4 Å². The summed E-state index contributed by atoms with van der Waals surface area (Å²) in [5.74, 6) is -1.24. The minimum atomic E-state index is -1.04.